The first kappa shape index (κ1) is 7.54. The second-order valence-electron chi connectivity index (χ2n) is 2.32. The van der Waals surface area contributed by atoms with E-state index in [9.17, 15) is 0 Å². The zero-order valence-electron chi connectivity index (χ0n) is 6.41. The minimum Gasteiger partial charge on any atom is -0.427 e. The smallest absolute Gasteiger partial charge is 0.326 e. The van der Waals surface area contributed by atoms with Crippen LogP contribution in [0.2, 0.25) is 0 Å². The van der Waals surface area contributed by atoms with Crippen molar-refractivity contribution in [2.75, 3.05) is 0 Å². The Morgan fingerprint density at radius 2 is 2.42 bits per heavy atom. The van der Waals surface area contributed by atoms with E-state index in [0.717, 1.165) is 11.5 Å². The highest BCUT2D eigenvalue weighted by atomic mass is 79.9. The van der Waals surface area contributed by atoms with Gasteiger partial charge in [0, 0.05) is 0 Å². The first-order valence-electron chi connectivity index (χ1n) is 3.36. The Balaban J connectivity index is 2.86. The molecule has 0 N–H and O–H groups in total. The van der Waals surface area contributed by atoms with Gasteiger partial charge in [0.05, 0.1) is 0 Å². The summed E-state index contributed by atoms with van der Waals surface area (Å²) in [5, 5.41) is 4.06. The molecule has 0 unspecified atom stereocenters. The fraction of sp³-hybridized carbons (Fsp3) is 0.143. The molecule has 2 aromatic rings. The normalized spacial score (nSPS) is 10.8. The number of aryl methyl sites for hydroxylation is 1. The topological polar surface area (TPSA) is 43.3 Å². The van der Waals surface area contributed by atoms with Crippen LogP contribution in [0.1, 0.15) is 11.5 Å². The van der Waals surface area contributed by atoms with Crippen molar-refractivity contribution in [2.24, 2.45) is 0 Å². The van der Waals surface area contributed by atoms with Crippen LogP contribution < -0.4 is 0 Å². The highest BCUT2D eigenvalue weighted by molar-refractivity contribution is 9.10. The molecular weight excluding hydrogens is 222 g/mol. The summed E-state index contributed by atoms with van der Waals surface area (Å²) in [6.07, 6.45) is 1.69. The summed E-state index contributed by atoms with van der Waals surface area (Å²) < 4.78 is 7.42. The second kappa shape index (κ2) is 2.45. The van der Waals surface area contributed by atoms with E-state index in [-0.39, 0.29) is 0 Å². The van der Waals surface area contributed by atoms with Crippen LogP contribution >= 0.6 is 15.9 Å². The lowest BCUT2D eigenvalue weighted by Crippen LogP contribution is -1.87. The van der Waals surface area contributed by atoms with Crippen LogP contribution in [0.15, 0.2) is 15.7 Å². The number of fused-ring (bicyclic) bond motifs is 1. The number of rotatable bonds is 1. The lowest BCUT2D eigenvalue weighted by Gasteiger charge is -1.85. The maximum atomic E-state index is 5.30. The van der Waals surface area contributed by atoms with E-state index in [1.165, 1.54) is 0 Å². The van der Waals surface area contributed by atoms with E-state index in [1.807, 2.05) is 6.92 Å². The molecule has 2 aromatic heterocycles. The SMILES string of the molecule is C=Cc1c(C)oc2nc(Br)nn12. The summed E-state index contributed by atoms with van der Waals surface area (Å²) in [7, 11) is 0. The molecule has 0 fully saturated rings. The number of hydrogen-bond acceptors (Lipinski definition) is 3. The molecule has 0 bridgehead atoms. The van der Waals surface area contributed by atoms with Gasteiger partial charge in [-0.25, -0.2) is 0 Å². The van der Waals surface area contributed by atoms with E-state index in [4.69, 9.17) is 4.42 Å². The molecule has 0 aliphatic heterocycles. The molecule has 0 saturated carbocycles. The van der Waals surface area contributed by atoms with Crippen LogP contribution in [0, 0.1) is 6.92 Å². The number of hydrogen-bond donors (Lipinski definition) is 0. The van der Waals surface area contributed by atoms with E-state index in [2.05, 4.69) is 32.6 Å². The van der Waals surface area contributed by atoms with Crippen LogP contribution in [-0.4, -0.2) is 14.6 Å². The third-order valence-corrected chi connectivity index (χ3v) is 1.91. The van der Waals surface area contributed by atoms with Gasteiger partial charge in [-0.15, -0.1) is 5.10 Å². The first-order valence-corrected chi connectivity index (χ1v) is 4.16. The van der Waals surface area contributed by atoms with Gasteiger partial charge in [0.15, 0.2) is 0 Å². The van der Waals surface area contributed by atoms with Gasteiger partial charge < -0.3 is 4.42 Å². The van der Waals surface area contributed by atoms with Crippen molar-refractivity contribution >= 4 is 27.8 Å². The van der Waals surface area contributed by atoms with Crippen LogP contribution in [0.25, 0.3) is 11.9 Å². The van der Waals surface area contributed by atoms with Crippen molar-refractivity contribution in [2.45, 2.75) is 6.92 Å². The van der Waals surface area contributed by atoms with Crippen LogP contribution in [0.4, 0.5) is 0 Å². The average Bonchev–Trinajstić information content (AvgIpc) is 2.43. The second-order valence-corrected chi connectivity index (χ2v) is 3.03. The maximum absolute atomic E-state index is 5.30. The van der Waals surface area contributed by atoms with E-state index < -0.39 is 0 Å². The predicted molar refractivity (Wildman–Crippen MR) is 47.8 cm³/mol. The summed E-state index contributed by atoms with van der Waals surface area (Å²) in [6, 6.07) is 0. The highest BCUT2D eigenvalue weighted by Crippen LogP contribution is 2.16. The van der Waals surface area contributed by atoms with Gasteiger partial charge in [-0.3, -0.25) is 0 Å². The van der Waals surface area contributed by atoms with Crippen molar-refractivity contribution in [3.63, 3.8) is 0 Å². The minimum atomic E-state index is 0.481. The standard InChI is InChI=1S/C7H6BrN3O/c1-3-5-4(2)12-7-9-6(8)10-11(5)7/h3H,1H2,2H3. The predicted octanol–water partition coefficient (Wildman–Crippen LogP) is 2.04. The van der Waals surface area contributed by atoms with Crippen LogP contribution in [-0.2, 0) is 0 Å². The summed E-state index contributed by atoms with van der Waals surface area (Å²) in [4.78, 5) is 4.00. The Bertz CT molecular complexity index is 443. The molecule has 2 rings (SSSR count). The van der Waals surface area contributed by atoms with Gasteiger partial charge >= 0.3 is 5.84 Å². The summed E-state index contributed by atoms with van der Waals surface area (Å²) >= 11 is 3.15. The molecule has 0 atom stereocenters. The monoisotopic (exact) mass is 227 g/mol. The van der Waals surface area contributed by atoms with Crippen molar-refractivity contribution in [1.29, 1.82) is 0 Å². The molecule has 0 spiro atoms. The largest absolute Gasteiger partial charge is 0.427 e. The zero-order chi connectivity index (χ0) is 8.72. The number of halogens is 1. The molecule has 0 saturated heterocycles. The highest BCUT2D eigenvalue weighted by Gasteiger charge is 2.11. The molecule has 2 heterocycles. The Labute approximate surface area is 77.0 Å². The summed E-state index contributed by atoms with van der Waals surface area (Å²) in [6.45, 7) is 5.51. The molecule has 4 nitrogen and oxygen atoms in total. The van der Waals surface area contributed by atoms with Crippen molar-refractivity contribution in [3.8, 4) is 0 Å². The minimum absolute atomic E-state index is 0.481. The molecule has 0 aromatic carbocycles. The Kier molecular flexibility index (Phi) is 1.54. The van der Waals surface area contributed by atoms with Crippen LogP contribution in [0.3, 0.4) is 0 Å². The summed E-state index contributed by atoms with van der Waals surface area (Å²) in [5.41, 5.74) is 0.836. The summed E-state index contributed by atoms with van der Waals surface area (Å²) in [5.74, 6) is 1.25. The quantitative estimate of drug-likeness (QED) is 0.749. The van der Waals surface area contributed by atoms with Crippen molar-refractivity contribution in [3.05, 3.63) is 22.8 Å². The molecule has 12 heavy (non-hydrogen) atoms. The molecule has 62 valence electrons. The number of aromatic nitrogens is 3. The molecular formula is C7H6BrN3O. The van der Waals surface area contributed by atoms with Gasteiger partial charge in [0.1, 0.15) is 11.5 Å². The van der Waals surface area contributed by atoms with Gasteiger partial charge in [-0.1, -0.05) is 6.58 Å². The van der Waals surface area contributed by atoms with Gasteiger partial charge in [0.25, 0.3) is 0 Å². The fourth-order valence-corrected chi connectivity index (χ4v) is 1.38. The lowest BCUT2D eigenvalue weighted by molar-refractivity contribution is 0.561. The first-order chi connectivity index (χ1) is 5.72. The number of nitrogens with zero attached hydrogens (tertiary/aromatic N) is 3. The Morgan fingerprint density at radius 1 is 1.67 bits per heavy atom. The molecule has 0 radical (unpaired) electrons. The van der Waals surface area contributed by atoms with Crippen molar-refractivity contribution < 1.29 is 4.42 Å². The third kappa shape index (κ3) is 0.896. The fourth-order valence-electron chi connectivity index (χ4n) is 1.07. The van der Waals surface area contributed by atoms with Crippen molar-refractivity contribution in [1.82, 2.24) is 14.6 Å². The zero-order valence-corrected chi connectivity index (χ0v) is 8.00. The molecule has 0 aliphatic rings. The molecule has 5 heteroatoms. The average molecular weight is 228 g/mol. The van der Waals surface area contributed by atoms with E-state index in [1.54, 1.807) is 10.6 Å². The Hall–Kier alpha value is -1.10. The van der Waals surface area contributed by atoms with Gasteiger partial charge in [0.2, 0.25) is 4.73 Å². The van der Waals surface area contributed by atoms with Crippen LogP contribution in [0.5, 0.6) is 0 Å². The Morgan fingerprint density at radius 3 is 3.08 bits per heavy atom. The maximum Gasteiger partial charge on any atom is 0.326 e. The number of oxazole rings is 1. The molecule has 0 aliphatic carbocycles. The van der Waals surface area contributed by atoms with Gasteiger partial charge in [-0.2, -0.15) is 9.50 Å². The van der Waals surface area contributed by atoms with E-state index in [0.29, 0.717) is 10.6 Å². The lowest BCUT2D eigenvalue weighted by atomic mass is 10.4. The van der Waals surface area contributed by atoms with E-state index >= 15 is 0 Å². The third-order valence-electron chi connectivity index (χ3n) is 1.58. The van der Waals surface area contributed by atoms with Gasteiger partial charge in [-0.05, 0) is 28.9 Å². The molecule has 0 amide bonds.